The summed E-state index contributed by atoms with van der Waals surface area (Å²) in [5.41, 5.74) is 1.27. The van der Waals surface area contributed by atoms with Crippen molar-refractivity contribution in [1.29, 1.82) is 5.26 Å². The lowest BCUT2D eigenvalue weighted by molar-refractivity contribution is 0.113. The van der Waals surface area contributed by atoms with Gasteiger partial charge in [0.25, 0.3) is 0 Å². The van der Waals surface area contributed by atoms with Crippen LogP contribution < -0.4 is 5.32 Å². The zero-order chi connectivity index (χ0) is 14.2. The highest BCUT2D eigenvalue weighted by molar-refractivity contribution is 5.20. The van der Waals surface area contributed by atoms with Crippen LogP contribution in [-0.4, -0.2) is 30.6 Å². The minimum absolute atomic E-state index is 0.228. The molecule has 2 atom stereocenters. The van der Waals surface area contributed by atoms with E-state index in [2.05, 4.69) is 47.5 Å². The van der Waals surface area contributed by atoms with E-state index in [-0.39, 0.29) is 6.04 Å². The van der Waals surface area contributed by atoms with Crippen molar-refractivity contribution in [2.24, 2.45) is 0 Å². The van der Waals surface area contributed by atoms with Crippen LogP contribution in [0, 0.1) is 11.3 Å². The Labute approximate surface area is 122 Å². The number of nitrogens with zero attached hydrogens (tertiary/aromatic N) is 2. The minimum Gasteiger partial charge on any atom is -0.315 e. The highest BCUT2D eigenvalue weighted by Crippen LogP contribution is 2.28. The van der Waals surface area contributed by atoms with Crippen LogP contribution in [0.4, 0.5) is 0 Å². The van der Waals surface area contributed by atoms with Gasteiger partial charge in [0.1, 0.15) is 0 Å². The van der Waals surface area contributed by atoms with Crippen LogP contribution in [0.3, 0.4) is 0 Å². The molecule has 1 aliphatic rings. The zero-order valence-corrected chi connectivity index (χ0v) is 12.4. The normalized spacial score (nSPS) is 20.6. The SMILES string of the molecule is CCCN(C1CCCNC1)C(CC#N)c1ccccc1. The molecule has 0 saturated carbocycles. The van der Waals surface area contributed by atoms with Crippen molar-refractivity contribution in [3.8, 4) is 6.07 Å². The van der Waals surface area contributed by atoms with Gasteiger partial charge in [0.15, 0.2) is 0 Å². The maximum Gasteiger partial charge on any atom is 0.0641 e. The molecule has 0 amide bonds. The fourth-order valence-electron chi connectivity index (χ4n) is 3.16. The first kappa shape index (κ1) is 15.0. The lowest BCUT2D eigenvalue weighted by atomic mass is 9.97. The van der Waals surface area contributed by atoms with Crippen molar-refractivity contribution in [2.75, 3.05) is 19.6 Å². The van der Waals surface area contributed by atoms with E-state index in [4.69, 9.17) is 0 Å². The first-order valence-electron chi connectivity index (χ1n) is 7.75. The number of piperidine rings is 1. The van der Waals surface area contributed by atoms with E-state index in [0.717, 1.165) is 26.1 Å². The van der Waals surface area contributed by atoms with E-state index < -0.39 is 0 Å². The van der Waals surface area contributed by atoms with Gasteiger partial charge in [-0.1, -0.05) is 37.3 Å². The summed E-state index contributed by atoms with van der Waals surface area (Å²) >= 11 is 0. The largest absolute Gasteiger partial charge is 0.315 e. The number of nitrogens with one attached hydrogen (secondary N) is 1. The van der Waals surface area contributed by atoms with Crippen LogP contribution in [-0.2, 0) is 0 Å². The predicted molar refractivity (Wildman–Crippen MR) is 82.3 cm³/mol. The summed E-state index contributed by atoms with van der Waals surface area (Å²) in [7, 11) is 0. The Hall–Kier alpha value is -1.37. The van der Waals surface area contributed by atoms with E-state index in [9.17, 15) is 5.26 Å². The number of hydrogen-bond acceptors (Lipinski definition) is 3. The number of rotatable bonds is 6. The molecule has 3 heteroatoms. The monoisotopic (exact) mass is 271 g/mol. The molecule has 0 radical (unpaired) electrons. The Bertz CT molecular complexity index is 418. The average Bonchev–Trinajstić information content (AvgIpc) is 2.52. The first-order valence-corrected chi connectivity index (χ1v) is 7.75. The van der Waals surface area contributed by atoms with E-state index >= 15 is 0 Å². The molecule has 108 valence electrons. The molecule has 1 aromatic carbocycles. The van der Waals surface area contributed by atoms with Crippen molar-refractivity contribution < 1.29 is 0 Å². The Morgan fingerprint density at radius 1 is 1.40 bits per heavy atom. The molecular formula is C17H25N3. The van der Waals surface area contributed by atoms with Gasteiger partial charge in [0.2, 0.25) is 0 Å². The predicted octanol–water partition coefficient (Wildman–Crippen LogP) is 3.11. The van der Waals surface area contributed by atoms with Crippen LogP contribution in [0.15, 0.2) is 30.3 Å². The highest BCUT2D eigenvalue weighted by atomic mass is 15.2. The van der Waals surface area contributed by atoms with Gasteiger partial charge in [0.05, 0.1) is 12.5 Å². The zero-order valence-electron chi connectivity index (χ0n) is 12.4. The summed E-state index contributed by atoms with van der Waals surface area (Å²) in [4.78, 5) is 2.55. The maximum atomic E-state index is 9.22. The average molecular weight is 271 g/mol. The van der Waals surface area contributed by atoms with Crippen LogP contribution >= 0.6 is 0 Å². The Balaban J connectivity index is 2.20. The van der Waals surface area contributed by atoms with Gasteiger partial charge in [-0.05, 0) is 37.9 Å². The Morgan fingerprint density at radius 2 is 2.20 bits per heavy atom. The van der Waals surface area contributed by atoms with Gasteiger partial charge < -0.3 is 5.32 Å². The van der Waals surface area contributed by atoms with Crippen LogP contribution in [0.25, 0.3) is 0 Å². The standard InChI is InChI=1S/C17H25N3/c1-2-13-20(16-9-6-12-19-14-16)17(10-11-18)15-7-4-3-5-8-15/h3-5,7-8,16-17,19H,2,6,9-10,12-14H2,1H3. The third kappa shape index (κ3) is 3.82. The quantitative estimate of drug-likeness (QED) is 0.864. The minimum atomic E-state index is 0.228. The Kier molecular flexibility index (Phi) is 6.04. The molecule has 0 aliphatic carbocycles. The molecule has 20 heavy (non-hydrogen) atoms. The highest BCUT2D eigenvalue weighted by Gasteiger charge is 2.27. The van der Waals surface area contributed by atoms with Crippen molar-refractivity contribution in [3.63, 3.8) is 0 Å². The summed E-state index contributed by atoms with van der Waals surface area (Å²) < 4.78 is 0. The van der Waals surface area contributed by atoms with E-state index in [0.29, 0.717) is 12.5 Å². The molecule has 3 nitrogen and oxygen atoms in total. The fraction of sp³-hybridized carbons (Fsp3) is 0.588. The second-order valence-corrected chi connectivity index (χ2v) is 5.53. The third-order valence-corrected chi connectivity index (χ3v) is 4.09. The molecule has 1 aromatic rings. The molecular weight excluding hydrogens is 246 g/mol. The fourth-order valence-corrected chi connectivity index (χ4v) is 3.16. The van der Waals surface area contributed by atoms with Crippen LogP contribution in [0.2, 0.25) is 0 Å². The first-order chi connectivity index (χ1) is 9.86. The third-order valence-electron chi connectivity index (χ3n) is 4.09. The molecule has 0 bridgehead atoms. The molecule has 2 rings (SSSR count). The van der Waals surface area contributed by atoms with E-state index in [1.807, 2.05) is 6.07 Å². The van der Waals surface area contributed by atoms with E-state index in [1.165, 1.54) is 18.4 Å². The summed E-state index contributed by atoms with van der Waals surface area (Å²) in [6, 6.07) is 13.7. The second-order valence-electron chi connectivity index (χ2n) is 5.53. The molecule has 2 unspecified atom stereocenters. The van der Waals surface area contributed by atoms with Crippen molar-refractivity contribution in [3.05, 3.63) is 35.9 Å². The van der Waals surface area contributed by atoms with Gasteiger partial charge in [-0.25, -0.2) is 0 Å². The summed E-state index contributed by atoms with van der Waals surface area (Å²) in [6.07, 6.45) is 4.17. The lowest BCUT2D eigenvalue weighted by Gasteiger charge is -2.39. The topological polar surface area (TPSA) is 39.1 Å². The van der Waals surface area contributed by atoms with Crippen molar-refractivity contribution >= 4 is 0 Å². The van der Waals surface area contributed by atoms with Gasteiger partial charge in [0, 0.05) is 18.6 Å². The maximum absolute atomic E-state index is 9.22. The molecule has 1 saturated heterocycles. The number of benzene rings is 1. The molecule has 0 spiro atoms. The molecule has 1 N–H and O–H groups in total. The van der Waals surface area contributed by atoms with Gasteiger partial charge in [-0.3, -0.25) is 4.90 Å². The number of hydrogen-bond donors (Lipinski definition) is 1. The number of nitriles is 1. The van der Waals surface area contributed by atoms with Crippen molar-refractivity contribution in [1.82, 2.24) is 10.2 Å². The lowest BCUT2D eigenvalue weighted by Crippen LogP contribution is -2.47. The molecule has 1 aliphatic heterocycles. The van der Waals surface area contributed by atoms with Crippen molar-refractivity contribution in [2.45, 2.75) is 44.7 Å². The summed E-state index contributed by atoms with van der Waals surface area (Å²) in [5, 5.41) is 12.7. The van der Waals surface area contributed by atoms with Gasteiger partial charge in [-0.15, -0.1) is 0 Å². The summed E-state index contributed by atoms with van der Waals surface area (Å²) in [6.45, 7) is 5.46. The molecule has 1 fully saturated rings. The van der Waals surface area contributed by atoms with Gasteiger partial charge in [-0.2, -0.15) is 5.26 Å². The second kappa shape index (κ2) is 8.04. The van der Waals surface area contributed by atoms with Crippen LogP contribution in [0.5, 0.6) is 0 Å². The Morgan fingerprint density at radius 3 is 2.80 bits per heavy atom. The van der Waals surface area contributed by atoms with Gasteiger partial charge >= 0.3 is 0 Å². The smallest absolute Gasteiger partial charge is 0.0641 e. The summed E-state index contributed by atoms with van der Waals surface area (Å²) in [5.74, 6) is 0. The van der Waals surface area contributed by atoms with Crippen LogP contribution in [0.1, 0.15) is 44.2 Å². The molecule has 1 heterocycles. The van der Waals surface area contributed by atoms with E-state index in [1.54, 1.807) is 0 Å². The molecule has 0 aromatic heterocycles.